The van der Waals surface area contributed by atoms with Crippen LogP contribution in [-0.2, 0) is 15.3 Å². The van der Waals surface area contributed by atoms with Crippen molar-refractivity contribution in [3.63, 3.8) is 0 Å². The Kier molecular flexibility index (Phi) is 6.69. The molecule has 8 nitrogen and oxygen atoms in total. The quantitative estimate of drug-likeness (QED) is 0.370. The monoisotopic (exact) mass is 482 g/mol. The molecule has 2 heterocycles. The van der Waals surface area contributed by atoms with Crippen molar-refractivity contribution in [3.05, 3.63) is 82.3 Å². The van der Waals surface area contributed by atoms with Crippen LogP contribution < -0.4 is 5.32 Å². The molecule has 3 aromatic rings. The minimum atomic E-state index is -1.05. The molecule has 0 spiro atoms. The highest BCUT2D eigenvalue weighted by molar-refractivity contribution is 7.98. The van der Waals surface area contributed by atoms with E-state index in [0.29, 0.717) is 39.3 Å². The molecule has 0 bridgehead atoms. The van der Waals surface area contributed by atoms with Crippen LogP contribution in [0.3, 0.4) is 0 Å². The molecule has 10 heteroatoms. The van der Waals surface area contributed by atoms with E-state index in [-0.39, 0.29) is 17.5 Å². The number of aromatic nitrogens is 3. The van der Waals surface area contributed by atoms with Crippen LogP contribution in [0.2, 0.25) is 0 Å². The molecule has 2 N–H and O–H groups in total. The zero-order valence-electron chi connectivity index (χ0n) is 18.8. The number of thioether (sulfide) groups is 1. The molecule has 0 aliphatic carbocycles. The number of halogens is 1. The number of nitrogens with zero attached hydrogens (tertiary/aromatic N) is 3. The number of aromatic carboxylic acids is 1. The summed E-state index contributed by atoms with van der Waals surface area (Å²) in [4.78, 5) is 28.8. The fraction of sp³-hybridized carbons (Fsp3) is 0.250. The predicted molar refractivity (Wildman–Crippen MR) is 125 cm³/mol. The lowest BCUT2D eigenvalue weighted by Gasteiger charge is -2.28. The summed E-state index contributed by atoms with van der Waals surface area (Å²) in [6.45, 7) is 5.28. The van der Waals surface area contributed by atoms with Crippen LogP contribution in [0, 0.1) is 5.82 Å². The Morgan fingerprint density at radius 3 is 2.56 bits per heavy atom. The molecule has 1 aromatic heterocycles. The molecule has 0 saturated heterocycles. The average molecular weight is 483 g/mol. The van der Waals surface area contributed by atoms with Gasteiger partial charge in [-0.1, -0.05) is 42.1 Å². The van der Waals surface area contributed by atoms with Gasteiger partial charge in [-0.2, -0.15) is 4.98 Å². The van der Waals surface area contributed by atoms with E-state index in [1.165, 1.54) is 30.0 Å². The zero-order valence-corrected chi connectivity index (χ0v) is 19.6. The van der Waals surface area contributed by atoms with Crippen molar-refractivity contribution in [2.75, 3.05) is 5.32 Å². The molecule has 0 saturated carbocycles. The first-order valence-electron chi connectivity index (χ1n) is 10.6. The number of allylic oxidation sites excluding steroid dienone is 1. The van der Waals surface area contributed by atoms with Crippen LogP contribution in [0.1, 0.15) is 48.3 Å². The number of hydrogen-bond donors (Lipinski definition) is 2. The van der Waals surface area contributed by atoms with Gasteiger partial charge < -0.3 is 15.2 Å². The molecule has 0 radical (unpaired) electrons. The maximum atomic E-state index is 14.0. The number of rotatable bonds is 7. The third-order valence-corrected chi connectivity index (χ3v) is 6.07. The van der Waals surface area contributed by atoms with Gasteiger partial charge >= 0.3 is 11.9 Å². The summed E-state index contributed by atoms with van der Waals surface area (Å²) in [6.07, 6.45) is -0.327. The van der Waals surface area contributed by atoms with Gasteiger partial charge in [-0.15, -0.1) is 5.10 Å². The number of carbonyl (C=O) groups is 2. The number of carboxylic acids is 1. The lowest BCUT2D eigenvalue weighted by molar-refractivity contribution is -0.143. The first-order chi connectivity index (χ1) is 16.2. The number of carboxylic acid groups (broad SMARTS) is 1. The van der Waals surface area contributed by atoms with Gasteiger partial charge in [-0.05, 0) is 50.1 Å². The summed E-state index contributed by atoms with van der Waals surface area (Å²) < 4.78 is 21.1. The molecular weight excluding hydrogens is 459 g/mol. The van der Waals surface area contributed by atoms with Gasteiger partial charge in [-0.25, -0.2) is 18.7 Å². The van der Waals surface area contributed by atoms with Gasteiger partial charge in [-0.3, -0.25) is 0 Å². The van der Waals surface area contributed by atoms with E-state index in [4.69, 9.17) is 4.74 Å². The normalized spacial score (nSPS) is 15.1. The number of carbonyl (C=O) groups excluding carboxylic acids is 1. The molecule has 4 rings (SSSR count). The van der Waals surface area contributed by atoms with Crippen LogP contribution in [0.4, 0.5) is 10.3 Å². The van der Waals surface area contributed by atoms with Crippen molar-refractivity contribution in [2.24, 2.45) is 0 Å². The minimum Gasteiger partial charge on any atom is -0.478 e. The summed E-state index contributed by atoms with van der Waals surface area (Å²) >= 11 is 1.27. The summed E-state index contributed by atoms with van der Waals surface area (Å²) in [5.41, 5.74) is 2.22. The highest BCUT2D eigenvalue weighted by Crippen LogP contribution is 2.37. The smallest absolute Gasteiger partial charge is 0.338 e. The second-order valence-corrected chi connectivity index (χ2v) is 8.93. The van der Waals surface area contributed by atoms with Crippen molar-refractivity contribution < 1.29 is 23.8 Å². The molecular formula is C24H23FN4O4S. The van der Waals surface area contributed by atoms with Crippen LogP contribution in [0.5, 0.6) is 0 Å². The highest BCUT2D eigenvalue weighted by Gasteiger charge is 2.35. The van der Waals surface area contributed by atoms with Gasteiger partial charge in [0.15, 0.2) is 0 Å². The van der Waals surface area contributed by atoms with Crippen LogP contribution in [-0.4, -0.2) is 37.9 Å². The first kappa shape index (κ1) is 23.5. The van der Waals surface area contributed by atoms with Gasteiger partial charge in [0.25, 0.3) is 0 Å². The van der Waals surface area contributed by atoms with Gasteiger partial charge in [0.1, 0.15) is 11.9 Å². The SMILES string of the molecule is CC1=C(C(=O)OC(C)C)C(c2ccc(C(=O)O)cc2)n2nc(SCc3ccccc3F)nc2N1. The number of fused-ring (bicyclic) bond motifs is 1. The summed E-state index contributed by atoms with van der Waals surface area (Å²) in [7, 11) is 0. The number of nitrogens with one attached hydrogen (secondary N) is 1. The van der Waals surface area contributed by atoms with Gasteiger partial charge in [0.2, 0.25) is 11.1 Å². The van der Waals surface area contributed by atoms with E-state index in [1.54, 1.807) is 55.8 Å². The summed E-state index contributed by atoms with van der Waals surface area (Å²) in [6, 6.07) is 12.1. The molecule has 0 amide bonds. The minimum absolute atomic E-state index is 0.129. The van der Waals surface area contributed by atoms with E-state index < -0.39 is 18.0 Å². The topological polar surface area (TPSA) is 106 Å². The van der Waals surface area contributed by atoms with E-state index in [9.17, 15) is 19.1 Å². The Morgan fingerprint density at radius 1 is 1.21 bits per heavy atom. The summed E-state index contributed by atoms with van der Waals surface area (Å²) in [5.74, 6) is -1.10. The van der Waals surface area contributed by atoms with E-state index in [0.717, 1.165) is 0 Å². The standard InChI is InChI=1S/C24H23FN4O4S/c1-13(2)33-22(32)19-14(3)26-23-27-24(34-12-17-6-4-5-7-18(17)25)28-29(23)20(19)15-8-10-16(11-9-15)21(30)31/h4-11,13,20H,12H2,1-3H3,(H,30,31)(H,26,27,28). The number of hydrogen-bond acceptors (Lipinski definition) is 7. The third kappa shape index (κ3) is 4.81. The average Bonchev–Trinajstić information content (AvgIpc) is 3.19. The van der Waals surface area contributed by atoms with Crippen molar-refractivity contribution in [3.8, 4) is 0 Å². The number of ether oxygens (including phenoxy) is 1. The Bertz CT molecular complexity index is 1270. The van der Waals surface area contributed by atoms with E-state index in [2.05, 4.69) is 15.4 Å². The second-order valence-electron chi connectivity index (χ2n) is 7.99. The number of esters is 1. The van der Waals surface area contributed by atoms with E-state index in [1.807, 2.05) is 0 Å². The Morgan fingerprint density at radius 2 is 1.91 bits per heavy atom. The maximum Gasteiger partial charge on any atom is 0.338 e. The molecule has 176 valence electrons. The molecule has 1 atom stereocenters. The fourth-order valence-corrected chi connectivity index (χ4v) is 4.42. The van der Waals surface area contributed by atoms with Crippen molar-refractivity contribution in [1.29, 1.82) is 0 Å². The number of benzene rings is 2. The molecule has 1 aliphatic heterocycles. The predicted octanol–water partition coefficient (Wildman–Crippen LogP) is 4.65. The Labute approximate surface area is 199 Å². The molecule has 1 unspecified atom stereocenters. The van der Waals surface area contributed by atoms with Crippen molar-refractivity contribution >= 4 is 29.6 Å². The lowest BCUT2D eigenvalue weighted by Crippen LogP contribution is -2.30. The Balaban J connectivity index is 1.71. The van der Waals surface area contributed by atoms with Gasteiger partial charge in [0, 0.05) is 11.4 Å². The lowest BCUT2D eigenvalue weighted by atomic mass is 9.95. The van der Waals surface area contributed by atoms with Crippen molar-refractivity contribution in [2.45, 2.75) is 43.8 Å². The highest BCUT2D eigenvalue weighted by atomic mass is 32.2. The third-order valence-electron chi connectivity index (χ3n) is 5.18. The molecule has 1 aliphatic rings. The largest absolute Gasteiger partial charge is 0.478 e. The van der Waals surface area contributed by atoms with Crippen LogP contribution >= 0.6 is 11.8 Å². The molecule has 0 fully saturated rings. The molecule has 34 heavy (non-hydrogen) atoms. The van der Waals surface area contributed by atoms with E-state index >= 15 is 0 Å². The second kappa shape index (κ2) is 9.68. The summed E-state index contributed by atoms with van der Waals surface area (Å²) in [5, 5.41) is 17.3. The first-order valence-corrected chi connectivity index (χ1v) is 11.6. The van der Waals surface area contributed by atoms with Crippen molar-refractivity contribution in [1.82, 2.24) is 14.8 Å². The van der Waals surface area contributed by atoms with Crippen LogP contribution in [0.15, 0.2) is 65.0 Å². The number of anilines is 1. The van der Waals surface area contributed by atoms with Gasteiger partial charge in [0.05, 0.1) is 17.2 Å². The Hall–Kier alpha value is -3.66. The van der Waals surface area contributed by atoms with Crippen LogP contribution in [0.25, 0.3) is 0 Å². The zero-order chi connectivity index (χ0) is 24.4. The molecule has 2 aromatic carbocycles. The maximum absolute atomic E-state index is 14.0. The fourth-order valence-electron chi connectivity index (χ4n) is 3.61.